The van der Waals surface area contributed by atoms with Crippen LogP contribution >= 0.6 is 22.7 Å². The largest absolute Gasteiger partial charge is 0.503 e. The number of Topliss-reactive ketones (excluding diaryl/α,β-unsaturated/α-hetero) is 1. The molecule has 1 aromatic carbocycles. The van der Waals surface area contributed by atoms with Crippen LogP contribution in [0.4, 0.5) is 5.13 Å². The average molecular weight is 428 g/mol. The van der Waals surface area contributed by atoms with Gasteiger partial charge in [0.15, 0.2) is 10.9 Å². The third-order valence-electron chi connectivity index (χ3n) is 4.62. The van der Waals surface area contributed by atoms with Gasteiger partial charge in [0.25, 0.3) is 5.91 Å². The number of aryl methyl sites for hydroxylation is 2. The monoisotopic (exact) mass is 427 g/mol. The number of nitrogens with zero attached hydrogens (tertiary/aromatic N) is 3. The molecule has 0 bridgehead atoms. The van der Waals surface area contributed by atoms with E-state index in [4.69, 9.17) is 4.74 Å². The van der Waals surface area contributed by atoms with E-state index < -0.39 is 23.5 Å². The number of hydrogen-bond donors (Lipinski definition) is 1. The van der Waals surface area contributed by atoms with Crippen LogP contribution in [0.5, 0.6) is 5.75 Å². The van der Waals surface area contributed by atoms with Gasteiger partial charge in [0, 0.05) is 11.6 Å². The Morgan fingerprint density at radius 3 is 2.52 bits per heavy atom. The molecule has 1 aliphatic rings. The van der Waals surface area contributed by atoms with E-state index in [1.807, 2.05) is 6.92 Å². The Kier molecular flexibility index (Phi) is 4.93. The van der Waals surface area contributed by atoms with Crippen LogP contribution < -0.4 is 9.64 Å². The summed E-state index contributed by atoms with van der Waals surface area (Å²) in [6.45, 7) is 3.55. The summed E-state index contributed by atoms with van der Waals surface area (Å²) in [5.41, 5.74) is 1.27. The first-order valence-electron chi connectivity index (χ1n) is 8.71. The third kappa shape index (κ3) is 3.22. The fraction of sp³-hybridized carbons (Fsp3) is 0.200. The molecule has 0 saturated heterocycles. The summed E-state index contributed by atoms with van der Waals surface area (Å²) in [6, 6.07) is 6.25. The number of hydrogen-bond acceptors (Lipinski definition) is 8. The molecule has 0 radical (unpaired) electrons. The van der Waals surface area contributed by atoms with Gasteiger partial charge in [-0.3, -0.25) is 14.5 Å². The Hall–Kier alpha value is -3.04. The quantitative estimate of drug-likeness (QED) is 0.619. The summed E-state index contributed by atoms with van der Waals surface area (Å²) in [5.74, 6) is -0.966. The van der Waals surface area contributed by atoms with E-state index in [0.717, 1.165) is 5.01 Å². The molecule has 0 saturated carbocycles. The molecule has 9 heteroatoms. The van der Waals surface area contributed by atoms with Gasteiger partial charge in [-0.25, -0.2) is 9.97 Å². The molecule has 0 aliphatic carbocycles. The fourth-order valence-corrected chi connectivity index (χ4v) is 4.88. The van der Waals surface area contributed by atoms with Crippen molar-refractivity contribution in [1.82, 2.24) is 9.97 Å². The number of rotatable bonds is 5. The van der Waals surface area contributed by atoms with Crippen molar-refractivity contribution >= 4 is 39.5 Å². The van der Waals surface area contributed by atoms with E-state index in [9.17, 15) is 14.7 Å². The van der Waals surface area contributed by atoms with Gasteiger partial charge in [0.1, 0.15) is 5.75 Å². The van der Waals surface area contributed by atoms with Crippen molar-refractivity contribution in [3.05, 3.63) is 68.3 Å². The molecule has 3 heterocycles. The molecule has 3 aromatic rings. The molecule has 1 aliphatic heterocycles. The third-order valence-corrected chi connectivity index (χ3v) is 6.46. The standard InChI is InChI=1S/C20H17N3O4S2/c1-10-18(29-11(2)22-10)16(24)14-15(12-4-6-13(27-3)7-5-12)23(19(26)17(14)25)20-21-8-9-28-20/h4-9,15,25H,1-3H3. The number of aliphatic hydroxyl groups is 1. The summed E-state index contributed by atoms with van der Waals surface area (Å²) in [4.78, 5) is 36.6. The molecule has 1 unspecified atom stereocenters. The smallest absolute Gasteiger partial charge is 0.296 e. The van der Waals surface area contributed by atoms with Gasteiger partial charge in [-0.05, 0) is 31.5 Å². The van der Waals surface area contributed by atoms with Crippen LogP contribution in [0.3, 0.4) is 0 Å². The first-order chi connectivity index (χ1) is 13.9. The number of ketones is 1. The van der Waals surface area contributed by atoms with Crippen molar-refractivity contribution in [3.63, 3.8) is 0 Å². The number of benzene rings is 1. The van der Waals surface area contributed by atoms with Crippen LogP contribution in [0.1, 0.15) is 32.0 Å². The minimum absolute atomic E-state index is 0.0297. The van der Waals surface area contributed by atoms with Gasteiger partial charge in [0.05, 0.1) is 34.3 Å². The lowest BCUT2D eigenvalue weighted by atomic mass is 9.95. The molecule has 148 valence electrons. The molecule has 1 N–H and O–H groups in total. The Balaban J connectivity index is 1.87. The number of carbonyl (C=O) groups excluding carboxylic acids is 2. The van der Waals surface area contributed by atoms with Crippen molar-refractivity contribution < 1.29 is 19.4 Å². The van der Waals surface area contributed by atoms with E-state index >= 15 is 0 Å². The fourth-order valence-electron chi connectivity index (χ4n) is 3.34. The number of thiazole rings is 2. The van der Waals surface area contributed by atoms with Crippen molar-refractivity contribution in [2.45, 2.75) is 19.9 Å². The lowest BCUT2D eigenvalue weighted by Gasteiger charge is -2.24. The zero-order valence-corrected chi connectivity index (χ0v) is 17.5. The lowest BCUT2D eigenvalue weighted by Crippen LogP contribution is -2.30. The number of aliphatic hydroxyl groups excluding tert-OH is 1. The SMILES string of the molecule is COc1ccc(C2C(C(=O)c3sc(C)nc3C)=C(O)C(=O)N2c2nccs2)cc1. The summed E-state index contributed by atoms with van der Waals surface area (Å²) in [5, 5.41) is 13.6. The normalized spacial score (nSPS) is 16.6. The summed E-state index contributed by atoms with van der Waals surface area (Å²) >= 11 is 2.51. The van der Waals surface area contributed by atoms with E-state index in [1.54, 1.807) is 49.9 Å². The number of carbonyl (C=O) groups is 2. The second-order valence-corrected chi connectivity index (χ2v) is 8.48. The van der Waals surface area contributed by atoms with Crippen LogP contribution in [-0.2, 0) is 4.79 Å². The van der Waals surface area contributed by atoms with Crippen molar-refractivity contribution in [1.29, 1.82) is 0 Å². The topological polar surface area (TPSA) is 92.6 Å². The molecule has 1 atom stereocenters. The van der Waals surface area contributed by atoms with Gasteiger partial charge in [-0.1, -0.05) is 12.1 Å². The number of anilines is 1. The van der Waals surface area contributed by atoms with E-state index in [2.05, 4.69) is 9.97 Å². The average Bonchev–Trinajstić information content (AvgIpc) is 3.41. The number of ether oxygens (including phenoxy) is 1. The molecule has 29 heavy (non-hydrogen) atoms. The maximum Gasteiger partial charge on any atom is 0.296 e. The molecule has 7 nitrogen and oxygen atoms in total. The second-order valence-electron chi connectivity index (χ2n) is 6.40. The second kappa shape index (κ2) is 7.41. The highest BCUT2D eigenvalue weighted by Crippen LogP contribution is 2.43. The summed E-state index contributed by atoms with van der Waals surface area (Å²) in [7, 11) is 1.56. The number of aromatic nitrogens is 2. The molecule has 4 rings (SSSR count). The van der Waals surface area contributed by atoms with Gasteiger partial charge >= 0.3 is 0 Å². The molecule has 0 spiro atoms. The Labute approximate surface area is 174 Å². The molecule has 0 fully saturated rings. The summed E-state index contributed by atoms with van der Waals surface area (Å²) < 4.78 is 5.21. The van der Waals surface area contributed by atoms with Gasteiger partial charge in [-0.2, -0.15) is 0 Å². The van der Waals surface area contributed by atoms with Crippen molar-refractivity contribution in [2.24, 2.45) is 0 Å². The van der Waals surface area contributed by atoms with Crippen LogP contribution in [-0.4, -0.2) is 33.9 Å². The molecular weight excluding hydrogens is 410 g/mol. The predicted molar refractivity (Wildman–Crippen MR) is 111 cm³/mol. The Morgan fingerprint density at radius 2 is 1.97 bits per heavy atom. The molecular formula is C20H17N3O4S2. The number of amides is 1. The Morgan fingerprint density at radius 1 is 1.24 bits per heavy atom. The van der Waals surface area contributed by atoms with Gasteiger partial charge in [0.2, 0.25) is 5.78 Å². The van der Waals surface area contributed by atoms with Gasteiger partial charge < -0.3 is 9.84 Å². The zero-order valence-electron chi connectivity index (χ0n) is 15.9. The summed E-state index contributed by atoms with van der Waals surface area (Å²) in [6.07, 6.45) is 1.58. The highest BCUT2D eigenvalue weighted by atomic mass is 32.1. The minimum atomic E-state index is -0.797. The van der Waals surface area contributed by atoms with Crippen LogP contribution in [0.25, 0.3) is 0 Å². The van der Waals surface area contributed by atoms with Crippen molar-refractivity contribution in [3.8, 4) is 5.75 Å². The maximum atomic E-state index is 13.4. The van der Waals surface area contributed by atoms with Crippen LogP contribution in [0, 0.1) is 13.8 Å². The first-order valence-corrected chi connectivity index (χ1v) is 10.4. The first kappa shape index (κ1) is 19.3. The van der Waals surface area contributed by atoms with E-state index in [0.29, 0.717) is 27.0 Å². The molecule has 1 amide bonds. The van der Waals surface area contributed by atoms with Crippen LogP contribution in [0.2, 0.25) is 0 Å². The highest BCUT2D eigenvalue weighted by Gasteiger charge is 2.46. The van der Waals surface area contributed by atoms with E-state index in [1.165, 1.54) is 27.6 Å². The van der Waals surface area contributed by atoms with Gasteiger partial charge in [-0.15, -0.1) is 22.7 Å². The number of methoxy groups -OCH3 is 1. The highest BCUT2D eigenvalue weighted by molar-refractivity contribution is 7.14. The maximum absolute atomic E-state index is 13.4. The molecule has 2 aromatic heterocycles. The zero-order chi connectivity index (χ0) is 20.7. The predicted octanol–water partition coefficient (Wildman–Crippen LogP) is 4.01. The lowest BCUT2D eigenvalue weighted by molar-refractivity contribution is -0.117. The van der Waals surface area contributed by atoms with E-state index in [-0.39, 0.29) is 5.57 Å². The van der Waals surface area contributed by atoms with Crippen molar-refractivity contribution in [2.75, 3.05) is 12.0 Å². The van der Waals surface area contributed by atoms with Crippen LogP contribution in [0.15, 0.2) is 47.2 Å². The minimum Gasteiger partial charge on any atom is -0.503 e. The Bertz CT molecular complexity index is 1120.